The lowest BCUT2D eigenvalue weighted by molar-refractivity contribution is -0.135. The van der Waals surface area contributed by atoms with Crippen LogP contribution < -0.4 is 14.2 Å². The largest absolute Gasteiger partial charge is 0.504 e. The zero-order valence-corrected chi connectivity index (χ0v) is 19.1. The second-order valence-electron chi connectivity index (χ2n) is 8.78. The van der Waals surface area contributed by atoms with Gasteiger partial charge in [0.15, 0.2) is 17.3 Å². The molecule has 3 aromatic rings. The molecule has 2 aliphatic heterocycles. The number of ketones is 1. The maximum atomic E-state index is 13.1. The number of Topliss-reactive ketones (excluding diaryl/α,β-unsaturated/α-hetero) is 1. The Bertz CT molecular complexity index is 1330. The lowest BCUT2D eigenvalue weighted by Gasteiger charge is -2.26. The molecule has 0 spiro atoms. The number of methoxy groups -OCH3 is 1. The summed E-state index contributed by atoms with van der Waals surface area (Å²) in [6.07, 6.45) is 1.78. The van der Waals surface area contributed by atoms with Gasteiger partial charge in [-0.2, -0.15) is 0 Å². The molecule has 6 heteroatoms. The van der Waals surface area contributed by atoms with Crippen LogP contribution in [0.25, 0.3) is 6.08 Å². The van der Waals surface area contributed by atoms with Crippen molar-refractivity contribution in [3.8, 4) is 23.0 Å². The molecule has 6 nitrogen and oxygen atoms in total. The summed E-state index contributed by atoms with van der Waals surface area (Å²) < 4.78 is 16.7. The quantitative estimate of drug-likeness (QED) is 0.313. The van der Waals surface area contributed by atoms with Crippen molar-refractivity contribution >= 4 is 17.8 Å². The Morgan fingerprint density at radius 2 is 1.79 bits per heavy atom. The van der Waals surface area contributed by atoms with Gasteiger partial charge in [-0.1, -0.05) is 44.2 Å². The summed E-state index contributed by atoms with van der Waals surface area (Å²) >= 11 is 0. The van der Waals surface area contributed by atoms with Crippen molar-refractivity contribution in [2.45, 2.75) is 32.1 Å². The van der Waals surface area contributed by atoms with Crippen LogP contribution in [-0.2, 0) is 4.79 Å². The van der Waals surface area contributed by atoms with Gasteiger partial charge in [0, 0.05) is 11.5 Å². The fourth-order valence-electron chi connectivity index (χ4n) is 4.44. The van der Waals surface area contributed by atoms with E-state index in [2.05, 4.69) is 13.8 Å². The minimum absolute atomic E-state index is 0.0320. The lowest BCUT2D eigenvalue weighted by Crippen LogP contribution is -2.21. The zero-order chi connectivity index (χ0) is 24.0. The third-order valence-electron chi connectivity index (χ3n) is 6.29. The number of hydrogen-bond donors (Lipinski definition) is 1. The number of benzene rings is 3. The number of rotatable bonds is 4. The molecule has 0 amide bonds. The Morgan fingerprint density at radius 1 is 1.03 bits per heavy atom. The van der Waals surface area contributed by atoms with Crippen molar-refractivity contribution in [2.24, 2.45) is 0 Å². The van der Waals surface area contributed by atoms with Crippen LogP contribution in [0.1, 0.15) is 64.7 Å². The number of ether oxygens (including phenoxy) is 3. The molecule has 0 bridgehead atoms. The zero-order valence-electron chi connectivity index (χ0n) is 19.1. The van der Waals surface area contributed by atoms with Gasteiger partial charge < -0.3 is 19.3 Å². The molecular weight excluding hydrogens is 432 g/mol. The summed E-state index contributed by atoms with van der Waals surface area (Å²) in [6, 6.07) is 16.2. The average molecular weight is 456 g/mol. The first-order valence-electron chi connectivity index (χ1n) is 11.1. The molecule has 2 heterocycles. The van der Waals surface area contributed by atoms with E-state index in [1.165, 1.54) is 12.7 Å². The van der Waals surface area contributed by atoms with Crippen molar-refractivity contribution in [3.63, 3.8) is 0 Å². The van der Waals surface area contributed by atoms with Crippen LogP contribution in [0.4, 0.5) is 0 Å². The third kappa shape index (κ3) is 3.71. The van der Waals surface area contributed by atoms with Gasteiger partial charge in [0.25, 0.3) is 0 Å². The molecule has 0 unspecified atom stereocenters. The van der Waals surface area contributed by atoms with E-state index in [9.17, 15) is 14.7 Å². The normalized spacial score (nSPS) is 17.9. The highest BCUT2D eigenvalue weighted by molar-refractivity contribution is 6.15. The standard InChI is InChI=1S/C28H24O6/c1-15(2)17-6-4-16(5-7-17)12-24-27(31)19-9-11-23-26(28(19)34-24)20(14-25(30)33-23)18-8-10-22(32-3)21(29)13-18/h4-13,15,20,29H,14H2,1-3H3/b24-12-/t20-/m1/s1. The van der Waals surface area contributed by atoms with Crippen LogP contribution in [0.15, 0.2) is 60.4 Å². The monoisotopic (exact) mass is 456 g/mol. The molecule has 0 saturated heterocycles. The molecule has 172 valence electrons. The first kappa shape index (κ1) is 21.8. The van der Waals surface area contributed by atoms with Crippen LogP contribution >= 0.6 is 0 Å². The fourth-order valence-corrected chi connectivity index (χ4v) is 4.44. The van der Waals surface area contributed by atoms with E-state index in [4.69, 9.17) is 14.2 Å². The fraction of sp³-hybridized carbons (Fsp3) is 0.214. The van der Waals surface area contributed by atoms with Gasteiger partial charge in [-0.05, 0) is 52.9 Å². The van der Waals surface area contributed by atoms with E-state index in [0.29, 0.717) is 39.9 Å². The highest BCUT2D eigenvalue weighted by Crippen LogP contribution is 2.49. The molecule has 0 radical (unpaired) electrons. The molecule has 0 saturated carbocycles. The van der Waals surface area contributed by atoms with E-state index in [0.717, 1.165) is 5.56 Å². The number of carbonyl (C=O) groups is 2. The van der Waals surface area contributed by atoms with Gasteiger partial charge in [0.1, 0.15) is 11.5 Å². The average Bonchev–Trinajstić information content (AvgIpc) is 3.13. The predicted octanol–water partition coefficient (Wildman–Crippen LogP) is 5.58. The highest BCUT2D eigenvalue weighted by Gasteiger charge is 2.38. The van der Waals surface area contributed by atoms with Crippen molar-refractivity contribution in [2.75, 3.05) is 7.11 Å². The number of hydrogen-bond acceptors (Lipinski definition) is 6. The SMILES string of the molecule is COc1ccc([C@H]2CC(=O)Oc3ccc4c(c32)O/C(=C\c2ccc(C(C)C)cc2)C4=O)cc1O. The number of esters is 1. The van der Waals surface area contributed by atoms with E-state index in [-0.39, 0.29) is 23.7 Å². The van der Waals surface area contributed by atoms with Crippen LogP contribution in [0.2, 0.25) is 0 Å². The molecule has 0 aromatic heterocycles. The van der Waals surface area contributed by atoms with Gasteiger partial charge in [-0.25, -0.2) is 0 Å². The number of phenols is 1. The molecular formula is C28H24O6. The molecule has 0 fully saturated rings. The van der Waals surface area contributed by atoms with E-state index in [1.807, 2.05) is 24.3 Å². The van der Waals surface area contributed by atoms with Gasteiger partial charge in [-0.3, -0.25) is 9.59 Å². The number of phenolic OH excluding ortho intramolecular Hbond substituents is 1. The maximum Gasteiger partial charge on any atom is 0.312 e. The van der Waals surface area contributed by atoms with Crippen molar-refractivity contribution < 1.29 is 28.9 Å². The van der Waals surface area contributed by atoms with Crippen LogP contribution in [0.5, 0.6) is 23.0 Å². The molecule has 5 rings (SSSR count). The van der Waals surface area contributed by atoms with E-state index >= 15 is 0 Å². The van der Waals surface area contributed by atoms with Crippen molar-refractivity contribution in [1.29, 1.82) is 0 Å². The van der Waals surface area contributed by atoms with Crippen molar-refractivity contribution in [1.82, 2.24) is 0 Å². The first-order valence-corrected chi connectivity index (χ1v) is 11.1. The summed E-state index contributed by atoms with van der Waals surface area (Å²) in [4.78, 5) is 25.5. The summed E-state index contributed by atoms with van der Waals surface area (Å²) in [7, 11) is 1.47. The number of aromatic hydroxyl groups is 1. The molecule has 34 heavy (non-hydrogen) atoms. The van der Waals surface area contributed by atoms with Gasteiger partial charge in [-0.15, -0.1) is 0 Å². The summed E-state index contributed by atoms with van der Waals surface area (Å²) in [5.74, 6) is 0.618. The second-order valence-corrected chi connectivity index (χ2v) is 8.78. The Morgan fingerprint density at radius 3 is 2.47 bits per heavy atom. The summed E-state index contributed by atoms with van der Waals surface area (Å²) in [6.45, 7) is 4.26. The molecule has 1 atom stereocenters. The molecule has 2 aliphatic rings. The van der Waals surface area contributed by atoms with Gasteiger partial charge in [0.05, 0.1) is 19.1 Å². The van der Waals surface area contributed by atoms with Gasteiger partial charge >= 0.3 is 5.97 Å². The van der Waals surface area contributed by atoms with Gasteiger partial charge in [0.2, 0.25) is 5.78 Å². The highest BCUT2D eigenvalue weighted by atomic mass is 16.5. The number of carbonyl (C=O) groups excluding carboxylic acids is 2. The number of allylic oxidation sites excluding steroid dienone is 1. The van der Waals surface area contributed by atoms with Crippen LogP contribution in [-0.4, -0.2) is 24.0 Å². The first-order chi connectivity index (χ1) is 16.4. The van der Waals surface area contributed by atoms with E-state index < -0.39 is 11.9 Å². The molecule has 0 aliphatic carbocycles. The van der Waals surface area contributed by atoms with Crippen LogP contribution in [0, 0.1) is 0 Å². The Kier molecular flexibility index (Phi) is 5.36. The Hall–Kier alpha value is -4.06. The predicted molar refractivity (Wildman–Crippen MR) is 127 cm³/mol. The smallest absolute Gasteiger partial charge is 0.312 e. The van der Waals surface area contributed by atoms with E-state index in [1.54, 1.807) is 36.4 Å². The Labute approximate surface area is 197 Å². The maximum absolute atomic E-state index is 13.1. The summed E-state index contributed by atoms with van der Waals surface area (Å²) in [5, 5.41) is 10.3. The third-order valence-corrected chi connectivity index (χ3v) is 6.29. The number of fused-ring (bicyclic) bond motifs is 3. The molecule has 3 aromatic carbocycles. The second kappa shape index (κ2) is 8.37. The minimum atomic E-state index is -0.444. The lowest BCUT2D eigenvalue weighted by atomic mass is 9.84. The minimum Gasteiger partial charge on any atom is -0.504 e. The van der Waals surface area contributed by atoms with Crippen LogP contribution in [0.3, 0.4) is 0 Å². The summed E-state index contributed by atoms with van der Waals surface area (Å²) in [5.41, 5.74) is 3.81. The Balaban J connectivity index is 1.56. The topological polar surface area (TPSA) is 82.1 Å². The molecule has 1 N–H and O–H groups in total. The van der Waals surface area contributed by atoms with Crippen molar-refractivity contribution in [3.05, 3.63) is 88.2 Å².